The minimum Gasteiger partial charge on any atom is -0.345 e. The topological polar surface area (TPSA) is 46.9 Å². The Morgan fingerprint density at radius 3 is 2.80 bits per heavy atom. The molecule has 0 spiro atoms. The lowest BCUT2D eigenvalue weighted by atomic mass is 10.2. The zero-order chi connectivity index (χ0) is 17.6. The van der Waals surface area contributed by atoms with Gasteiger partial charge in [-0.1, -0.05) is 29.8 Å². The number of halogens is 1. The molecule has 0 unspecified atom stereocenters. The van der Waals surface area contributed by atoms with E-state index in [0.717, 1.165) is 28.2 Å². The first-order chi connectivity index (χ1) is 12.0. The van der Waals surface area contributed by atoms with Crippen LogP contribution in [-0.4, -0.2) is 15.5 Å². The summed E-state index contributed by atoms with van der Waals surface area (Å²) in [6, 6.07) is 10.1. The normalized spacial score (nSPS) is 13.9. The molecular weight excluding hydrogens is 354 g/mol. The van der Waals surface area contributed by atoms with Crippen molar-refractivity contribution in [1.29, 1.82) is 0 Å². The Bertz CT molecular complexity index is 955. The average Bonchev–Trinajstić information content (AvgIpc) is 3.23. The molecule has 1 N–H and O–H groups in total. The number of thiazole rings is 1. The van der Waals surface area contributed by atoms with Crippen molar-refractivity contribution in [3.8, 4) is 11.3 Å². The Morgan fingerprint density at radius 2 is 2.08 bits per heavy atom. The van der Waals surface area contributed by atoms with Crippen LogP contribution in [0.2, 0.25) is 5.02 Å². The number of carbonyl (C=O) groups is 1. The van der Waals surface area contributed by atoms with E-state index in [0.29, 0.717) is 16.2 Å². The molecule has 1 saturated carbocycles. The van der Waals surface area contributed by atoms with Gasteiger partial charge in [0.15, 0.2) is 5.13 Å². The maximum atomic E-state index is 12.7. The monoisotopic (exact) mass is 371 g/mol. The number of amides is 1. The molecule has 0 atom stereocenters. The third kappa shape index (κ3) is 3.10. The molecule has 1 aliphatic carbocycles. The fourth-order valence-electron chi connectivity index (χ4n) is 3.19. The van der Waals surface area contributed by atoms with Crippen LogP contribution < -0.4 is 5.32 Å². The van der Waals surface area contributed by atoms with Crippen LogP contribution in [0, 0.1) is 13.8 Å². The summed E-state index contributed by atoms with van der Waals surface area (Å²) in [5.74, 6) is -0.111. The van der Waals surface area contributed by atoms with Gasteiger partial charge in [0.05, 0.1) is 11.3 Å². The van der Waals surface area contributed by atoms with Gasteiger partial charge in [-0.15, -0.1) is 11.3 Å². The quantitative estimate of drug-likeness (QED) is 0.661. The highest BCUT2D eigenvalue weighted by atomic mass is 35.5. The zero-order valence-electron chi connectivity index (χ0n) is 14.0. The second kappa shape index (κ2) is 6.32. The summed E-state index contributed by atoms with van der Waals surface area (Å²) >= 11 is 7.62. The van der Waals surface area contributed by atoms with Crippen LogP contribution in [0.1, 0.15) is 40.6 Å². The van der Waals surface area contributed by atoms with Gasteiger partial charge in [0.2, 0.25) is 0 Å². The van der Waals surface area contributed by atoms with E-state index in [-0.39, 0.29) is 5.91 Å². The molecule has 1 aromatic carbocycles. The predicted octanol–water partition coefficient (Wildman–Crippen LogP) is 5.47. The van der Waals surface area contributed by atoms with E-state index in [1.165, 1.54) is 24.2 Å². The smallest absolute Gasteiger partial charge is 0.259 e. The van der Waals surface area contributed by atoms with E-state index in [9.17, 15) is 4.79 Å². The Balaban J connectivity index is 1.56. The average molecular weight is 372 g/mol. The van der Waals surface area contributed by atoms with Crippen molar-refractivity contribution in [3.05, 3.63) is 57.7 Å². The van der Waals surface area contributed by atoms with E-state index < -0.39 is 0 Å². The standard InChI is InChI=1S/C19H18ClN3OS/c1-11-9-15(12(2)23(11)13-7-8-13)18(24)22-19-21-17(10-25-19)14-5-3-4-6-16(14)20/h3-6,9-10,13H,7-8H2,1-2H3,(H,21,22,24). The fraction of sp³-hybridized carbons (Fsp3) is 0.263. The van der Waals surface area contributed by atoms with Crippen LogP contribution in [0.5, 0.6) is 0 Å². The van der Waals surface area contributed by atoms with E-state index >= 15 is 0 Å². The molecule has 25 heavy (non-hydrogen) atoms. The number of nitrogens with one attached hydrogen (secondary N) is 1. The highest BCUT2D eigenvalue weighted by Gasteiger charge is 2.28. The molecular formula is C19H18ClN3OS. The highest BCUT2D eigenvalue weighted by molar-refractivity contribution is 7.14. The van der Waals surface area contributed by atoms with E-state index in [2.05, 4.69) is 21.8 Å². The van der Waals surface area contributed by atoms with E-state index in [1.54, 1.807) is 0 Å². The van der Waals surface area contributed by atoms with Crippen molar-refractivity contribution < 1.29 is 4.79 Å². The minimum atomic E-state index is -0.111. The molecule has 0 radical (unpaired) electrons. The van der Waals surface area contributed by atoms with Crippen molar-refractivity contribution in [3.63, 3.8) is 0 Å². The van der Waals surface area contributed by atoms with Crippen molar-refractivity contribution in [2.24, 2.45) is 0 Å². The molecule has 1 amide bonds. The van der Waals surface area contributed by atoms with Crippen molar-refractivity contribution >= 4 is 34.0 Å². The molecule has 6 heteroatoms. The van der Waals surface area contributed by atoms with E-state index in [4.69, 9.17) is 11.6 Å². The van der Waals surface area contributed by atoms with E-state index in [1.807, 2.05) is 42.6 Å². The summed E-state index contributed by atoms with van der Waals surface area (Å²) in [5.41, 5.74) is 4.53. The first-order valence-electron chi connectivity index (χ1n) is 8.25. The van der Waals surface area contributed by atoms with Gasteiger partial charge in [-0.2, -0.15) is 0 Å². The summed E-state index contributed by atoms with van der Waals surface area (Å²) < 4.78 is 2.27. The van der Waals surface area contributed by atoms with Gasteiger partial charge in [-0.05, 0) is 38.8 Å². The molecule has 1 fully saturated rings. The number of hydrogen-bond acceptors (Lipinski definition) is 3. The Hall–Kier alpha value is -2.11. The largest absolute Gasteiger partial charge is 0.345 e. The Labute approximate surface area is 155 Å². The second-order valence-electron chi connectivity index (χ2n) is 6.36. The van der Waals surface area contributed by atoms with Gasteiger partial charge in [0.1, 0.15) is 0 Å². The summed E-state index contributed by atoms with van der Waals surface area (Å²) in [6.07, 6.45) is 2.40. The number of aromatic nitrogens is 2. The number of nitrogens with zero attached hydrogens (tertiary/aromatic N) is 2. The number of hydrogen-bond donors (Lipinski definition) is 1. The lowest BCUT2D eigenvalue weighted by Crippen LogP contribution is -2.13. The summed E-state index contributed by atoms with van der Waals surface area (Å²) in [4.78, 5) is 17.2. The van der Waals surface area contributed by atoms with Crippen LogP contribution in [0.15, 0.2) is 35.7 Å². The van der Waals surface area contributed by atoms with Gasteiger partial charge in [-0.3, -0.25) is 10.1 Å². The molecule has 2 aromatic heterocycles. The molecule has 0 aliphatic heterocycles. The van der Waals surface area contributed by atoms with Crippen LogP contribution in [0.25, 0.3) is 11.3 Å². The van der Waals surface area contributed by atoms with Crippen LogP contribution in [0.3, 0.4) is 0 Å². The van der Waals surface area contributed by atoms with Gasteiger partial charge in [0, 0.05) is 33.4 Å². The summed E-state index contributed by atoms with van der Waals surface area (Å²) in [5, 5.41) is 6.06. The lowest BCUT2D eigenvalue weighted by Gasteiger charge is -2.07. The fourth-order valence-corrected chi connectivity index (χ4v) is 4.13. The van der Waals surface area contributed by atoms with Gasteiger partial charge in [0.25, 0.3) is 5.91 Å². The number of benzene rings is 1. The summed E-state index contributed by atoms with van der Waals surface area (Å²) in [6.45, 7) is 4.07. The molecule has 4 nitrogen and oxygen atoms in total. The third-order valence-electron chi connectivity index (χ3n) is 4.52. The SMILES string of the molecule is Cc1cc(C(=O)Nc2nc(-c3ccccc3Cl)cs2)c(C)n1C1CC1. The zero-order valence-corrected chi connectivity index (χ0v) is 15.6. The lowest BCUT2D eigenvalue weighted by molar-refractivity contribution is 0.102. The number of aryl methyl sites for hydroxylation is 1. The Kier molecular flexibility index (Phi) is 4.13. The highest BCUT2D eigenvalue weighted by Crippen LogP contribution is 2.38. The summed E-state index contributed by atoms with van der Waals surface area (Å²) in [7, 11) is 0. The maximum Gasteiger partial charge on any atom is 0.259 e. The first-order valence-corrected chi connectivity index (χ1v) is 9.50. The maximum absolute atomic E-state index is 12.7. The van der Waals surface area contributed by atoms with Crippen molar-refractivity contribution in [2.45, 2.75) is 32.7 Å². The third-order valence-corrected chi connectivity index (χ3v) is 5.60. The van der Waals surface area contributed by atoms with Crippen LogP contribution in [-0.2, 0) is 0 Å². The first kappa shape index (κ1) is 16.4. The number of rotatable bonds is 4. The minimum absolute atomic E-state index is 0.111. The molecule has 0 bridgehead atoms. The molecule has 0 saturated heterocycles. The molecule has 128 valence electrons. The van der Waals surface area contributed by atoms with Gasteiger partial charge >= 0.3 is 0 Å². The van der Waals surface area contributed by atoms with Crippen molar-refractivity contribution in [1.82, 2.24) is 9.55 Å². The molecule has 4 rings (SSSR count). The van der Waals surface area contributed by atoms with Crippen molar-refractivity contribution in [2.75, 3.05) is 5.32 Å². The Morgan fingerprint density at radius 1 is 1.32 bits per heavy atom. The van der Waals surface area contributed by atoms with Gasteiger partial charge in [-0.25, -0.2) is 4.98 Å². The molecule has 1 aliphatic rings. The number of anilines is 1. The molecule has 3 aromatic rings. The second-order valence-corrected chi connectivity index (χ2v) is 7.62. The number of carbonyl (C=O) groups excluding carboxylic acids is 1. The van der Waals surface area contributed by atoms with Gasteiger partial charge < -0.3 is 4.57 Å². The van der Waals surface area contributed by atoms with Crippen LogP contribution in [0.4, 0.5) is 5.13 Å². The predicted molar refractivity (Wildman–Crippen MR) is 103 cm³/mol. The molecule has 2 heterocycles. The van der Waals surface area contributed by atoms with Crippen LogP contribution >= 0.6 is 22.9 Å².